The number of hydrogen-bond acceptors (Lipinski definition) is 4. The van der Waals surface area contributed by atoms with Gasteiger partial charge >= 0.3 is 5.97 Å². The van der Waals surface area contributed by atoms with Crippen LogP contribution in [-0.4, -0.2) is 24.1 Å². The summed E-state index contributed by atoms with van der Waals surface area (Å²) in [5.41, 5.74) is 0.821. The number of Topliss-reactive ketones (excluding diaryl/α,β-unsaturated/α-hetero) is 1. The monoisotopic (exact) mass is 260 g/mol. The van der Waals surface area contributed by atoms with Gasteiger partial charge in [0.05, 0.1) is 6.61 Å². The highest BCUT2D eigenvalue weighted by Crippen LogP contribution is 2.08. The number of ketones is 2. The second-order valence-electron chi connectivity index (χ2n) is 3.94. The Hall–Kier alpha value is -2.23. The fourth-order valence-electron chi connectivity index (χ4n) is 1.55. The first-order valence-electron chi connectivity index (χ1n) is 6.00. The van der Waals surface area contributed by atoms with Crippen LogP contribution in [0.4, 0.5) is 0 Å². The summed E-state index contributed by atoms with van der Waals surface area (Å²) in [5, 5.41) is 0. The van der Waals surface area contributed by atoms with Crippen LogP contribution in [0.5, 0.6) is 0 Å². The lowest BCUT2D eigenvalue weighted by Gasteiger charge is -2.08. The Kier molecular flexibility index (Phi) is 5.67. The molecule has 100 valence electrons. The summed E-state index contributed by atoms with van der Waals surface area (Å²) < 4.78 is 4.72. The number of allylic oxidation sites excluding steroid dienone is 1. The third kappa shape index (κ3) is 4.50. The molecular formula is C15H16O4. The van der Waals surface area contributed by atoms with Gasteiger partial charge in [0.25, 0.3) is 0 Å². The SMILES string of the molecule is CCOC(=O)[C@@H](C(C)=O)C(=O)/C=C\c1ccccc1. The number of rotatable bonds is 6. The molecular weight excluding hydrogens is 244 g/mol. The minimum Gasteiger partial charge on any atom is -0.465 e. The molecule has 1 aromatic carbocycles. The van der Waals surface area contributed by atoms with Gasteiger partial charge in [0.2, 0.25) is 0 Å². The summed E-state index contributed by atoms with van der Waals surface area (Å²) in [6.07, 6.45) is 2.80. The smallest absolute Gasteiger partial charge is 0.324 e. The predicted octanol–water partition coefficient (Wildman–Crippen LogP) is 2.04. The highest BCUT2D eigenvalue weighted by Gasteiger charge is 2.30. The molecule has 19 heavy (non-hydrogen) atoms. The largest absolute Gasteiger partial charge is 0.465 e. The number of esters is 1. The molecule has 0 aliphatic rings. The van der Waals surface area contributed by atoms with Crippen molar-refractivity contribution in [1.29, 1.82) is 0 Å². The zero-order chi connectivity index (χ0) is 14.3. The minimum atomic E-state index is -1.36. The molecule has 1 rings (SSSR count). The van der Waals surface area contributed by atoms with Gasteiger partial charge in [-0.05, 0) is 25.5 Å². The maximum Gasteiger partial charge on any atom is 0.324 e. The lowest BCUT2D eigenvalue weighted by Crippen LogP contribution is -2.30. The summed E-state index contributed by atoms with van der Waals surface area (Å²) >= 11 is 0. The highest BCUT2D eigenvalue weighted by atomic mass is 16.5. The Morgan fingerprint density at radius 3 is 2.37 bits per heavy atom. The van der Waals surface area contributed by atoms with E-state index < -0.39 is 23.5 Å². The van der Waals surface area contributed by atoms with Gasteiger partial charge in [-0.15, -0.1) is 0 Å². The van der Waals surface area contributed by atoms with Gasteiger partial charge in [0, 0.05) is 0 Å². The molecule has 0 aliphatic heterocycles. The molecule has 0 radical (unpaired) electrons. The van der Waals surface area contributed by atoms with Crippen LogP contribution < -0.4 is 0 Å². The Bertz CT molecular complexity index is 488. The van der Waals surface area contributed by atoms with Crippen LogP contribution in [0.1, 0.15) is 19.4 Å². The number of carbonyl (C=O) groups excluding carboxylic acids is 3. The van der Waals surface area contributed by atoms with E-state index in [-0.39, 0.29) is 6.61 Å². The normalized spacial score (nSPS) is 12.1. The first kappa shape index (κ1) is 14.8. The van der Waals surface area contributed by atoms with Gasteiger partial charge in [-0.2, -0.15) is 0 Å². The molecule has 1 atom stereocenters. The van der Waals surface area contributed by atoms with Crippen molar-refractivity contribution in [3.05, 3.63) is 42.0 Å². The van der Waals surface area contributed by atoms with Crippen LogP contribution in [-0.2, 0) is 19.1 Å². The van der Waals surface area contributed by atoms with Crippen molar-refractivity contribution in [2.45, 2.75) is 13.8 Å². The van der Waals surface area contributed by atoms with Crippen molar-refractivity contribution in [2.75, 3.05) is 6.61 Å². The zero-order valence-corrected chi connectivity index (χ0v) is 11.0. The van der Waals surface area contributed by atoms with Gasteiger partial charge in [-0.1, -0.05) is 36.4 Å². The van der Waals surface area contributed by atoms with Crippen LogP contribution in [0.2, 0.25) is 0 Å². The standard InChI is InChI=1S/C15H16O4/c1-3-19-15(18)14(11(2)16)13(17)10-9-12-7-5-4-6-8-12/h4-10,14H,3H2,1-2H3/b10-9-/t14-/m0/s1. The van der Waals surface area contributed by atoms with Crippen LogP contribution in [0.25, 0.3) is 6.08 Å². The van der Waals surface area contributed by atoms with Crippen LogP contribution >= 0.6 is 0 Å². The van der Waals surface area contributed by atoms with Gasteiger partial charge in [-0.25, -0.2) is 0 Å². The summed E-state index contributed by atoms with van der Waals surface area (Å²) in [6.45, 7) is 2.97. The topological polar surface area (TPSA) is 60.4 Å². The van der Waals surface area contributed by atoms with E-state index in [0.717, 1.165) is 5.56 Å². The summed E-state index contributed by atoms with van der Waals surface area (Å²) in [5.74, 6) is -3.23. The number of ether oxygens (including phenoxy) is 1. The Balaban J connectivity index is 2.81. The first-order chi connectivity index (χ1) is 9.06. The molecule has 0 aromatic heterocycles. The Morgan fingerprint density at radius 2 is 1.84 bits per heavy atom. The third-order valence-electron chi connectivity index (χ3n) is 2.45. The zero-order valence-electron chi connectivity index (χ0n) is 11.0. The molecule has 0 aliphatic carbocycles. The van der Waals surface area contributed by atoms with E-state index in [1.54, 1.807) is 13.0 Å². The summed E-state index contributed by atoms with van der Waals surface area (Å²) in [6, 6.07) is 9.15. The van der Waals surface area contributed by atoms with Crippen molar-refractivity contribution >= 4 is 23.6 Å². The molecule has 0 amide bonds. The van der Waals surface area contributed by atoms with Crippen LogP contribution in [0.3, 0.4) is 0 Å². The minimum absolute atomic E-state index is 0.137. The van der Waals surface area contributed by atoms with E-state index in [2.05, 4.69) is 0 Å². The van der Waals surface area contributed by atoms with E-state index in [1.807, 2.05) is 30.3 Å². The fourth-order valence-corrected chi connectivity index (χ4v) is 1.55. The lowest BCUT2D eigenvalue weighted by atomic mass is 9.99. The van der Waals surface area contributed by atoms with Crippen molar-refractivity contribution in [3.8, 4) is 0 Å². The summed E-state index contributed by atoms with van der Waals surface area (Å²) in [7, 11) is 0. The third-order valence-corrected chi connectivity index (χ3v) is 2.45. The second kappa shape index (κ2) is 7.26. The molecule has 0 saturated heterocycles. The molecule has 0 spiro atoms. The van der Waals surface area contributed by atoms with Gasteiger partial charge < -0.3 is 4.74 Å². The highest BCUT2D eigenvalue weighted by molar-refractivity contribution is 6.20. The van der Waals surface area contributed by atoms with E-state index in [9.17, 15) is 14.4 Å². The molecule has 1 aromatic rings. The van der Waals surface area contributed by atoms with E-state index >= 15 is 0 Å². The van der Waals surface area contributed by atoms with E-state index in [0.29, 0.717) is 0 Å². The quantitative estimate of drug-likeness (QED) is 0.446. The van der Waals surface area contributed by atoms with Crippen molar-refractivity contribution in [1.82, 2.24) is 0 Å². The molecule has 4 nitrogen and oxygen atoms in total. The van der Waals surface area contributed by atoms with Gasteiger partial charge in [0.15, 0.2) is 17.5 Å². The van der Waals surface area contributed by atoms with Gasteiger partial charge in [-0.3, -0.25) is 14.4 Å². The molecule has 0 fully saturated rings. The number of benzene rings is 1. The molecule has 0 heterocycles. The van der Waals surface area contributed by atoms with Crippen molar-refractivity contribution in [3.63, 3.8) is 0 Å². The van der Waals surface area contributed by atoms with Crippen molar-refractivity contribution < 1.29 is 19.1 Å². The van der Waals surface area contributed by atoms with Crippen LogP contribution in [0.15, 0.2) is 36.4 Å². The van der Waals surface area contributed by atoms with Gasteiger partial charge in [0.1, 0.15) is 0 Å². The average molecular weight is 260 g/mol. The molecule has 4 heteroatoms. The fraction of sp³-hybridized carbons (Fsp3) is 0.267. The molecule has 0 bridgehead atoms. The maximum absolute atomic E-state index is 11.9. The number of hydrogen-bond donors (Lipinski definition) is 0. The lowest BCUT2D eigenvalue weighted by molar-refractivity contribution is -0.153. The second-order valence-corrected chi connectivity index (χ2v) is 3.94. The number of carbonyl (C=O) groups is 3. The van der Waals surface area contributed by atoms with Crippen LogP contribution in [0, 0.1) is 5.92 Å². The first-order valence-corrected chi connectivity index (χ1v) is 6.00. The molecule has 0 unspecified atom stereocenters. The predicted molar refractivity (Wildman–Crippen MR) is 71.3 cm³/mol. The Morgan fingerprint density at radius 1 is 1.21 bits per heavy atom. The van der Waals surface area contributed by atoms with Crippen molar-refractivity contribution in [2.24, 2.45) is 5.92 Å². The summed E-state index contributed by atoms with van der Waals surface area (Å²) in [4.78, 5) is 34.8. The van der Waals surface area contributed by atoms with E-state index in [1.165, 1.54) is 13.0 Å². The Labute approximate surface area is 112 Å². The molecule has 0 N–H and O–H groups in total. The maximum atomic E-state index is 11.9. The average Bonchev–Trinajstić information content (AvgIpc) is 2.37. The van der Waals surface area contributed by atoms with E-state index in [4.69, 9.17) is 4.74 Å². The molecule has 0 saturated carbocycles.